The van der Waals surface area contributed by atoms with E-state index in [-0.39, 0.29) is 5.71 Å². The Morgan fingerprint density at radius 2 is 1.31 bits per heavy atom. The maximum Gasteiger partial charge on any atom is 0.460 e. The van der Waals surface area contributed by atoms with Crippen molar-refractivity contribution in [1.29, 1.82) is 0 Å². The molecule has 0 fully saturated rings. The zero-order valence-electron chi connectivity index (χ0n) is 19.8. The van der Waals surface area contributed by atoms with Crippen LogP contribution in [0, 0.1) is 0 Å². The summed E-state index contributed by atoms with van der Waals surface area (Å²) < 4.78 is 96.0. The summed E-state index contributed by atoms with van der Waals surface area (Å²) in [5.74, 6) is -15.6. The molecule has 6 nitrogen and oxygen atoms in total. The van der Waals surface area contributed by atoms with Gasteiger partial charge in [-0.15, -0.1) is 0 Å². The van der Waals surface area contributed by atoms with Gasteiger partial charge in [0.2, 0.25) is 0 Å². The molecule has 2 amide bonds. The highest BCUT2D eigenvalue weighted by molar-refractivity contribution is 6.01. The molecule has 3 aromatic rings. The van der Waals surface area contributed by atoms with Crippen LogP contribution in [-0.4, -0.2) is 35.5 Å². The van der Waals surface area contributed by atoms with Crippen molar-refractivity contribution in [3.05, 3.63) is 89.5 Å². The van der Waals surface area contributed by atoms with Crippen LogP contribution >= 0.6 is 0 Å². The van der Waals surface area contributed by atoms with Gasteiger partial charge >= 0.3 is 23.9 Å². The van der Waals surface area contributed by atoms with Crippen molar-refractivity contribution in [2.75, 3.05) is 5.32 Å². The van der Waals surface area contributed by atoms with Crippen molar-refractivity contribution < 1.29 is 45.1 Å². The van der Waals surface area contributed by atoms with Gasteiger partial charge in [0.05, 0.1) is 11.6 Å². The highest BCUT2D eigenvalue weighted by atomic mass is 19.4. The topological polar surface area (TPSA) is 79.8 Å². The Kier molecular flexibility index (Phi) is 7.11. The predicted octanol–water partition coefficient (Wildman–Crippen LogP) is 6.24. The monoisotopic (exact) mass is 553 g/mol. The fraction of sp³-hybridized carbons (Fsp3) is 0.192. The van der Waals surface area contributed by atoms with E-state index in [1.165, 1.54) is 24.4 Å². The van der Waals surface area contributed by atoms with Crippen molar-refractivity contribution >= 4 is 23.2 Å². The van der Waals surface area contributed by atoms with Crippen molar-refractivity contribution in [2.24, 2.45) is 5.10 Å². The Balaban J connectivity index is 1.47. The second-order valence-corrected chi connectivity index (χ2v) is 8.46. The molecule has 3 aromatic carbocycles. The second-order valence-electron chi connectivity index (χ2n) is 8.46. The number of nitrogens with zero attached hydrogens (tertiary/aromatic N) is 1. The van der Waals surface area contributed by atoms with Gasteiger partial charge in [-0.05, 0) is 36.8 Å². The van der Waals surface area contributed by atoms with E-state index < -0.39 is 41.4 Å². The van der Waals surface area contributed by atoms with E-state index in [9.17, 15) is 40.3 Å². The van der Waals surface area contributed by atoms with Gasteiger partial charge < -0.3 is 10.1 Å². The van der Waals surface area contributed by atoms with Crippen LogP contribution in [0.1, 0.15) is 29.5 Å². The molecule has 0 aliphatic carbocycles. The van der Waals surface area contributed by atoms with Gasteiger partial charge in [0, 0.05) is 16.8 Å². The first-order valence-corrected chi connectivity index (χ1v) is 11.2. The highest BCUT2D eigenvalue weighted by Gasteiger charge is 2.76. The van der Waals surface area contributed by atoms with Crippen LogP contribution in [0.5, 0.6) is 11.5 Å². The number of hydrogen-bond acceptors (Lipinski definition) is 4. The predicted molar refractivity (Wildman–Crippen MR) is 126 cm³/mol. The summed E-state index contributed by atoms with van der Waals surface area (Å²) in [4.78, 5) is 24.7. The molecule has 0 atom stereocenters. The van der Waals surface area contributed by atoms with Gasteiger partial charge in [0.25, 0.3) is 5.91 Å². The molecule has 0 saturated heterocycles. The number of amides is 2. The second kappa shape index (κ2) is 10.0. The third kappa shape index (κ3) is 5.16. The van der Waals surface area contributed by atoms with Crippen molar-refractivity contribution in [3.63, 3.8) is 0 Å². The molecule has 0 spiro atoms. The molecular weight excluding hydrogens is 535 g/mol. The SMILES string of the molecule is CC(=NNC(=O)C1c2ccccc2Oc2ccccc21)c1ccc(NC(=O)C(F)(F)C(F)(F)C(F)(F)F)cc1. The van der Waals surface area contributed by atoms with E-state index >= 15 is 0 Å². The molecule has 1 aliphatic rings. The normalized spacial score (nSPS) is 14.1. The van der Waals surface area contributed by atoms with Gasteiger partial charge in [0.15, 0.2) is 0 Å². The zero-order chi connectivity index (χ0) is 28.6. The van der Waals surface area contributed by atoms with Crippen LogP contribution in [0.25, 0.3) is 0 Å². The summed E-state index contributed by atoms with van der Waals surface area (Å²) in [7, 11) is 0. The molecule has 1 aliphatic heterocycles. The number of hydrazone groups is 1. The lowest BCUT2D eigenvalue weighted by Crippen LogP contribution is -2.57. The maximum absolute atomic E-state index is 13.5. The van der Waals surface area contributed by atoms with Crippen LogP contribution in [0.3, 0.4) is 0 Å². The lowest BCUT2D eigenvalue weighted by Gasteiger charge is -2.27. The van der Waals surface area contributed by atoms with Crippen molar-refractivity contribution in [3.8, 4) is 11.5 Å². The van der Waals surface area contributed by atoms with E-state index in [2.05, 4.69) is 10.5 Å². The Hall–Kier alpha value is -4.42. The van der Waals surface area contributed by atoms with Gasteiger partial charge in [-0.25, -0.2) is 5.43 Å². The third-order valence-electron chi connectivity index (χ3n) is 5.87. The molecule has 0 saturated carbocycles. The number of carbonyl (C=O) groups is 2. The number of nitrogens with one attached hydrogen (secondary N) is 2. The number of para-hydroxylation sites is 2. The molecular formula is C26H18F7N3O3. The smallest absolute Gasteiger partial charge is 0.457 e. The number of alkyl halides is 7. The number of hydrogen-bond donors (Lipinski definition) is 2. The summed E-state index contributed by atoms with van der Waals surface area (Å²) >= 11 is 0. The molecule has 0 aromatic heterocycles. The fourth-order valence-electron chi connectivity index (χ4n) is 3.79. The minimum atomic E-state index is -6.63. The number of fused-ring (bicyclic) bond motifs is 2. The maximum atomic E-state index is 13.5. The number of anilines is 1. The molecule has 0 unspecified atom stereocenters. The average molecular weight is 553 g/mol. The summed E-state index contributed by atoms with van der Waals surface area (Å²) in [6.07, 6.45) is -6.63. The first kappa shape index (κ1) is 27.6. The Morgan fingerprint density at radius 1 is 0.795 bits per heavy atom. The Labute approximate surface area is 216 Å². The Morgan fingerprint density at radius 3 is 1.82 bits per heavy atom. The summed E-state index contributed by atoms with van der Waals surface area (Å²) in [5.41, 5.74) is 3.81. The number of rotatable bonds is 6. The third-order valence-corrected chi connectivity index (χ3v) is 5.87. The molecule has 0 bridgehead atoms. The van der Waals surface area contributed by atoms with E-state index in [1.54, 1.807) is 48.5 Å². The van der Waals surface area contributed by atoms with Crippen LogP contribution in [0.4, 0.5) is 36.4 Å². The highest BCUT2D eigenvalue weighted by Crippen LogP contribution is 2.47. The number of halogens is 7. The van der Waals surface area contributed by atoms with Gasteiger partial charge in [-0.2, -0.15) is 35.8 Å². The van der Waals surface area contributed by atoms with E-state index in [0.29, 0.717) is 28.2 Å². The van der Waals surface area contributed by atoms with Gasteiger partial charge in [-0.3, -0.25) is 9.59 Å². The number of carbonyl (C=O) groups excluding carboxylic acids is 2. The molecule has 13 heteroatoms. The summed E-state index contributed by atoms with van der Waals surface area (Å²) in [6, 6.07) is 18.4. The molecule has 204 valence electrons. The van der Waals surface area contributed by atoms with Gasteiger partial charge in [-0.1, -0.05) is 48.5 Å². The first-order chi connectivity index (χ1) is 18.2. The van der Waals surface area contributed by atoms with Crippen LogP contribution < -0.4 is 15.5 Å². The zero-order valence-corrected chi connectivity index (χ0v) is 19.8. The fourth-order valence-corrected chi connectivity index (χ4v) is 3.79. The van der Waals surface area contributed by atoms with Crippen molar-refractivity contribution in [1.82, 2.24) is 5.43 Å². The van der Waals surface area contributed by atoms with Crippen LogP contribution in [0.15, 0.2) is 77.9 Å². The molecule has 39 heavy (non-hydrogen) atoms. The lowest BCUT2D eigenvalue weighted by atomic mass is 9.87. The standard InChI is InChI=1S/C26H18F7N3O3/c1-14(15-10-12-16(13-11-15)34-23(38)24(27,28)25(29,30)26(31,32)33)35-36-22(37)21-17-6-2-4-8-19(17)39-20-9-5-3-7-18(20)21/h2-13,21H,1H3,(H,34,38)(H,36,37). The van der Waals surface area contributed by atoms with Crippen molar-refractivity contribution in [2.45, 2.75) is 30.9 Å². The van der Waals surface area contributed by atoms with E-state index in [1.807, 2.05) is 0 Å². The largest absolute Gasteiger partial charge is 0.460 e. The minimum absolute atomic E-state index is 0.240. The quantitative estimate of drug-likeness (QED) is 0.216. The lowest BCUT2D eigenvalue weighted by molar-refractivity contribution is -0.343. The molecule has 1 heterocycles. The van der Waals surface area contributed by atoms with E-state index in [0.717, 1.165) is 12.1 Å². The van der Waals surface area contributed by atoms with Crippen LogP contribution in [-0.2, 0) is 9.59 Å². The van der Waals surface area contributed by atoms with E-state index in [4.69, 9.17) is 4.74 Å². The summed E-state index contributed by atoms with van der Waals surface area (Å²) in [6.45, 7) is 1.50. The molecule has 0 radical (unpaired) electrons. The average Bonchev–Trinajstić information content (AvgIpc) is 2.89. The molecule has 4 rings (SSSR count). The summed E-state index contributed by atoms with van der Waals surface area (Å²) in [5, 5.41) is 5.40. The van der Waals surface area contributed by atoms with Crippen LogP contribution in [0.2, 0.25) is 0 Å². The number of benzene rings is 3. The molecule has 2 N–H and O–H groups in total. The Bertz CT molecular complexity index is 1390. The number of ether oxygens (including phenoxy) is 1. The minimum Gasteiger partial charge on any atom is -0.457 e. The van der Waals surface area contributed by atoms with Gasteiger partial charge in [0.1, 0.15) is 11.5 Å². The first-order valence-electron chi connectivity index (χ1n) is 11.2.